The number of carbonyl (C=O) groups excluding carboxylic acids is 4. The molecule has 19 atom stereocenters. The number of carbonyl (C=O) groups is 4. The quantitative estimate of drug-likeness (QED) is 0.0360. The zero-order valence-corrected chi connectivity index (χ0v) is 41.0. The van der Waals surface area contributed by atoms with Crippen molar-refractivity contribution in [1.29, 1.82) is 0 Å². The van der Waals surface area contributed by atoms with Gasteiger partial charge in [-0.25, -0.2) is 9.59 Å². The molecule has 3 saturated heterocycles. The molecular formula is C48H64O27. The molecule has 11 N–H and O–H groups in total. The lowest BCUT2D eigenvalue weighted by molar-refractivity contribution is -0.328. The normalized spacial score (nSPS) is 37.1. The van der Waals surface area contributed by atoms with Crippen molar-refractivity contribution in [3.8, 4) is 5.75 Å². The summed E-state index contributed by atoms with van der Waals surface area (Å²) in [7, 11) is 2.13. The van der Waals surface area contributed by atoms with Crippen LogP contribution in [0.5, 0.6) is 5.75 Å². The molecule has 3 fully saturated rings. The van der Waals surface area contributed by atoms with E-state index in [0.717, 1.165) is 26.7 Å². The highest BCUT2D eigenvalue weighted by atomic mass is 16.8. The van der Waals surface area contributed by atoms with Crippen molar-refractivity contribution in [2.75, 3.05) is 40.6 Å². The molecular weight excluding hydrogens is 1010 g/mol. The fourth-order valence-corrected chi connectivity index (χ4v) is 8.89. The zero-order chi connectivity index (χ0) is 54.8. The highest BCUT2D eigenvalue weighted by Crippen LogP contribution is 2.39. The maximum absolute atomic E-state index is 14.0. The summed E-state index contributed by atoms with van der Waals surface area (Å²) in [4.78, 5) is 53.8. The van der Waals surface area contributed by atoms with Crippen molar-refractivity contribution in [2.45, 2.75) is 138 Å². The van der Waals surface area contributed by atoms with Crippen molar-refractivity contribution in [2.24, 2.45) is 11.8 Å². The molecule has 0 spiro atoms. The Labute approximate surface area is 428 Å². The SMILES string of the molecule is CC=C1[C@H](O[C@@H]2O[C@H](CO)[C@@H](O)[C@H](O)[C@H]2O)OC=C(C(=O)OC)[C@H]1CC(=O)OC[C@H]1O[C@@H](OCCc2ccc(O)cc2)[C@H](O)[C@@H](OC(=O)C[C@@H]2C(C(=O)OC)=CO[C@@H](O[C@@H]3O[C@H](CO)[C@@H](O)[C@H](O)[C@H]3O)C2=CC)[C@@H]1O. The van der Waals surface area contributed by atoms with Crippen LogP contribution in [0.4, 0.5) is 0 Å². The molecule has 0 radical (unpaired) electrons. The zero-order valence-electron chi connectivity index (χ0n) is 41.0. The van der Waals surface area contributed by atoms with E-state index in [1.165, 1.54) is 38.1 Å². The van der Waals surface area contributed by atoms with E-state index in [1.807, 2.05) is 0 Å². The summed E-state index contributed by atoms with van der Waals surface area (Å²) in [5.74, 6) is -6.53. The maximum Gasteiger partial charge on any atom is 0.337 e. The van der Waals surface area contributed by atoms with Gasteiger partial charge in [-0.3, -0.25) is 9.59 Å². The fraction of sp³-hybridized carbons (Fsp3) is 0.625. The number of methoxy groups -OCH3 is 2. The predicted octanol–water partition coefficient (Wildman–Crippen LogP) is -3.78. The Morgan fingerprint density at radius 3 is 1.51 bits per heavy atom. The molecule has 0 bridgehead atoms. The second kappa shape index (κ2) is 26.7. The van der Waals surface area contributed by atoms with Gasteiger partial charge in [0.1, 0.15) is 79.5 Å². The molecule has 27 nitrogen and oxygen atoms in total. The Hall–Kier alpha value is -5.18. The fourth-order valence-electron chi connectivity index (χ4n) is 8.89. The third-order valence-corrected chi connectivity index (χ3v) is 13.1. The molecule has 0 saturated carbocycles. The molecule has 0 aliphatic carbocycles. The highest BCUT2D eigenvalue weighted by molar-refractivity contribution is 5.91. The topological polar surface area (TPSA) is 402 Å². The number of allylic oxidation sites excluding steroid dienone is 2. The van der Waals surface area contributed by atoms with Crippen LogP contribution >= 0.6 is 0 Å². The molecule has 0 unspecified atom stereocenters. The monoisotopic (exact) mass is 1070 g/mol. The number of ether oxygens (including phenoxy) is 12. The van der Waals surface area contributed by atoms with Crippen molar-refractivity contribution >= 4 is 23.9 Å². The molecule has 5 heterocycles. The van der Waals surface area contributed by atoms with Crippen molar-refractivity contribution < 1.29 is 132 Å². The van der Waals surface area contributed by atoms with Gasteiger partial charge >= 0.3 is 23.9 Å². The summed E-state index contributed by atoms with van der Waals surface area (Å²) in [6.45, 7) is 0.528. The van der Waals surface area contributed by atoms with E-state index in [9.17, 15) is 75.3 Å². The molecule has 0 aromatic heterocycles. The minimum Gasteiger partial charge on any atom is -0.508 e. The van der Waals surface area contributed by atoms with Gasteiger partial charge in [0.25, 0.3) is 0 Å². The number of hydrogen-bond donors (Lipinski definition) is 11. The van der Waals surface area contributed by atoms with E-state index < -0.39 is 173 Å². The maximum atomic E-state index is 14.0. The lowest BCUT2D eigenvalue weighted by atomic mass is 9.86. The van der Waals surface area contributed by atoms with Crippen LogP contribution in [0.25, 0.3) is 0 Å². The second-order valence-corrected chi connectivity index (χ2v) is 17.8. The summed E-state index contributed by atoms with van der Waals surface area (Å²) < 4.78 is 66.6. The number of benzene rings is 1. The Morgan fingerprint density at radius 2 is 1.05 bits per heavy atom. The van der Waals surface area contributed by atoms with Crippen LogP contribution in [-0.4, -0.2) is 225 Å². The Morgan fingerprint density at radius 1 is 0.587 bits per heavy atom. The van der Waals surface area contributed by atoms with E-state index in [-0.39, 0.29) is 41.1 Å². The van der Waals surface area contributed by atoms with Crippen LogP contribution in [0.3, 0.4) is 0 Å². The lowest BCUT2D eigenvalue weighted by Crippen LogP contribution is -2.61. The van der Waals surface area contributed by atoms with Gasteiger partial charge in [-0.15, -0.1) is 0 Å². The van der Waals surface area contributed by atoms with Crippen LogP contribution in [-0.2, 0) is 82.4 Å². The van der Waals surface area contributed by atoms with Crippen molar-refractivity contribution in [1.82, 2.24) is 0 Å². The van der Waals surface area contributed by atoms with E-state index in [0.29, 0.717) is 5.56 Å². The van der Waals surface area contributed by atoms with Crippen LogP contribution in [0.2, 0.25) is 0 Å². The minimum absolute atomic E-state index is 0.00706. The summed E-state index contributed by atoms with van der Waals surface area (Å²) in [6, 6.07) is 6.11. The lowest BCUT2D eigenvalue weighted by Gasteiger charge is -2.42. The average Bonchev–Trinajstić information content (AvgIpc) is 3.40. The number of aliphatic hydroxyl groups is 10. The highest BCUT2D eigenvalue weighted by Gasteiger charge is 2.51. The second-order valence-electron chi connectivity index (χ2n) is 17.8. The number of hydrogen-bond acceptors (Lipinski definition) is 27. The molecule has 6 rings (SSSR count). The third kappa shape index (κ3) is 13.7. The number of aromatic hydroxyl groups is 1. The first-order valence-electron chi connectivity index (χ1n) is 23.7. The number of aliphatic hydroxyl groups excluding tert-OH is 10. The summed E-state index contributed by atoms with van der Waals surface area (Å²) in [5.41, 5.74) is 0.432. The first-order valence-corrected chi connectivity index (χ1v) is 23.7. The molecule has 27 heteroatoms. The van der Waals surface area contributed by atoms with Gasteiger partial charge in [-0.2, -0.15) is 0 Å². The Kier molecular flexibility index (Phi) is 21.1. The van der Waals surface area contributed by atoms with Gasteiger partial charge in [-0.05, 0) is 38.0 Å². The smallest absolute Gasteiger partial charge is 0.337 e. The average molecular weight is 1070 g/mol. The van der Waals surface area contributed by atoms with E-state index in [1.54, 1.807) is 12.1 Å². The third-order valence-electron chi connectivity index (χ3n) is 13.1. The van der Waals surface area contributed by atoms with Crippen LogP contribution in [0.15, 0.2) is 71.2 Å². The molecule has 1 aromatic carbocycles. The first-order chi connectivity index (χ1) is 35.8. The molecule has 418 valence electrons. The summed E-state index contributed by atoms with van der Waals surface area (Å²) >= 11 is 0. The van der Waals surface area contributed by atoms with Gasteiger partial charge in [0, 0.05) is 23.0 Å². The van der Waals surface area contributed by atoms with E-state index in [4.69, 9.17) is 56.8 Å². The van der Waals surface area contributed by atoms with E-state index >= 15 is 0 Å². The van der Waals surface area contributed by atoms with Crippen LogP contribution < -0.4 is 0 Å². The van der Waals surface area contributed by atoms with Crippen molar-refractivity contribution in [3.05, 3.63) is 76.8 Å². The van der Waals surface area contributed by atoms with Gasteiger partial charge in [0.2, 0.25) is 12.6 Å². The molecule has 5 aliphatic rings. The number of phenolic OH excluding ortho intramolecular Hbond substituents is 1. The Balaban J connectivity index is 1.19. The van der Waals surface area contributed by atoms with E-state index in [2.05, 4.69) is 0 Å². The number of esters is 4. The van der Waals surface area contributed by atoms with Crippen LogP contribution in [0.1, 0.15) is 32.3 Å². The number of rotatable bonds is 19. The minimum atomic E-state index is -1.96. The number of phenols is 1. The first kappa shape index (κ1) is 59.1. The summed E-state index contributed by atoms with van der Waals surface area (Å²) in [6.07, 6.45) is -25.4. The predicted molar refractivity (Wildman–Crippen MR) is 243 cm³/mol. The van der Waals surface area contributed by atoms with Crippen molar-refractivity contribution in [3.63, 3.8) is 0 Å². The molecule has 75 heavy (non-hydrogen) atoms. The van der Waals surface area contributed by atoms with Gasteiger partial charge in [0.15, 0.2) is 25.0 Å². The van der Waals surface area contributed by atoms with Gasteiger partial charge < -0.3 is 113 Å². The molecule has 0 amide bonds. The molecule has 5 aliphatic heterocycles. The van der Waals surface area contributed by atoms with Gasteiger partial charge in [-0.1, -0.05) is 24.3 Å². The standard InChI is InChI=1S/C48H64O27/c1-5-22-24(26(42(62)64-3)17-68-44(22)74-47-38(59)36(57)33(54)28(15-49)70-47)13-31(52)67-19-30-35(56)41(40(61)46(72-30)66-12-11-20-7-9-21(51)10-8-20)73-32(53)14-25-23(6-2)45(69-18-27(25)43(63)65-4)75-48-39(60)37(58)34(55)29(16-50)71-48/h5-10,17-18,24-25,28-30,33-41,44-51,54-61H,11-16,19H2,1-4H3/t24-,25-,28+,29+,30+,33+,34+,35+,36-,37-,38+,39+,40+,41-,44-,45-,46+,47-,48-/m0/s1. The summed E-state index contributed by atoms with van der Waals surface area (Å²) in [5, 5.41) is 115. The van der Waals surface area contributed by atoms with Crippen LogP contribution in [0, 0.1) is 11.8 Å². The Bertz CT molecular complexity index is 2230. The molecule has 1 aromatic rings. The largest absolute Gasteiger partial charge is 0.508 e. The van der Waals surface area contributed by atoms with Gasteiger partial charge in [0.05, 0.1) is 70.6 Å².